The standard InChI is InChI=1S/C23H18N2O/c1-26-21-10-8-17(9-11-21)18-14-19(22-6-2-4-12-24-22)16-20(15-18)23-7-3-5-13-25-23/h2-16H,1H3. The highest BCUT2D eigenvalue weighted by molar-refractivity contribution is 5.79. The van der Waals surface area contributed by atoms with E-state index in [-0.39, 0.29) is 0 Å². The molecule has 126 valence electrons. The van der Waals surface area contributed by atoms with Crippen LogP contribution in [0.25, 0.3) is 33.6 Å². The summed E-state index contributed by atoms with van der Waals surface area (Å²) in [5.74, 6) is 0.847. The topological polar surface area (TPSA) is 35.0 Å². The van der Waals surface area contributed by atoms with Gasteiger partial charge in [-0.3, -0.25) is 9.97 Å². The molecule has 4 rings (SSSR count). The number of ether oxygens (including phenoxy) is 1. The second-order valence-electron chi connectivity index (χ2n) is 5.96. The van der Waals surface area contributed by atoms with Gasteiger partial charge in [0.15, 0.2) is 0 Å². The van der Waals surface area contributed by atoms with Gasteiger partial charge in [0.05, 0.1) is 18.5 Å². The molecule has 0 saturated carbocycles. The average Bonchev–Trinajstić information content (AvgIpc) is 2.75. The lowest BCUT2D eigenvalue weighted by atomic mass is 9.96. The van der Waals surface area contributed by atoms with E-state index in [1.165, 1.54) is 0 Å². The maximum absolute atomic E-state index is 5.27. The number of rotatable bonds is 4. The fourth-order valence-corrected chi connectivity index (χ4v) is 2.94. The van der Waals surface area contributed by atoms with E-state index in [1.807, 2.05) is 60.9 Å². The number of aromatic nitrogens is 2. The lowest BCUT2D eigenvalue weighted by Crippen LogP contribution is -1.89. The Balaban J connectivity index is 1.87. The minimum Gasteiger partial charge on any atom is -0.497 e. The van der Waals surface area contributed by atoms with Crippen molar-refractivity contribution in [1.29, 1.82) is 0 Å². The van der Waals surface area contributed by atoms with E-state index >= 15 is 0 Å². The van der Waals surface area contributed by atoms with Gasteiger partial charge in [-0.05, 0) is 65.7 Å². The zero-order valence-corrected chi connectivity index (χ0v) is 14.5. The maximum atomic E-state index is 5.27. The lowest BCUT2D eigenvalue weighted by molar-refractivity contribution is 0.415. The molecule has 2 aromatic carbocycles. The summed E-state index contributed by atoms with van der Waals surface area (Å²) in [6.45, 7) is 0. The van der Waals surface area contributed by atoms with Crippen molar-refractivity contribution in [3.63, 3.8) is 0 Å². The van der Waals surface area contributed by atoms with Crippen LogP contribution in [0.4, 0.5) is 0 Å². The van der Waals surface area contributed by atoms with Gasteiger partial charge in [0.2, 0.25) is 0 Å². The number of pyridine rings is 2. The summed E-state index contributed by atoms with van der Waals surface area (Å²) in [4.78, 5) is 9.01. The molecule has 4 aromatic rings. The van der Waals surface area contributed by atoms with E-state index in [0.29, 0.717) is 0 Å². The SMILES string of the molecule is COc1ccc(-c2cc(-c3ccccn3)cc(-c3ccccn3)c2)cc1. The van der Waals surface area contributed by atoms with Crippen LogP contribution in [0.1, 0.15) is 0 Å². The van der Waals surface area contributed by atoms with E-state index < -0.39 is 0 Å². The van der Waals surface area contributed by atoms with Gasteiger partial charge in [-0.25, -0.2) is 0 Å². The smallest absolute Gasteiger partial charge is 0.118 e. The molecule has 0 atom stereocenters. The molecule has 2 aromatic heterocycles. The summed E-state index contributed by atoms with van der Waals surface area (Å²) in [5.41, 5.74) is 6.27. The number of benzene rings is 2. The molecule has 0 amide bonds. The Morgan fingerprint density at radius 3 is 1.58 bits per heavy atom. The average molecular weight is 338 g/mol. The van der Waals surface area contributed by atoms with Crippen LogP contribution in [0, 0.1) is 0 Å². The first-order valence-corrected chi connectivity index (χ1v) is 8.46. The van der Waals surface area contributed by atoms with Crippen LogP contribution in [0.3, 0.4) is 0 Å². The van der Waals surface area contributed by atoms with Gasteiger partial charge in [0, 0.05) is 23.5 Å². The van der Waals surface area contributed by atoms with Gasteiger partial charge in [-0.2, -0.15) is 0 Å². The summed E-state index contributed by atoms with van der Waals surface area (Å²) >= 11 is 0. The van der Waals surface area contributed by atoms with Crippen molar-refractivity contribution < 1.29 is 4.74 Å². The summed E-state index contributed by atoms with van der Waals surface area (Å²) in [5, 5.41) is 0. The molecule has 0 spiro atoms. The van der Waals surface area contributed by atoms with Crippen molar-refractivity contribution in [1.82, 2.24) is 9.97 Å². The van der Waals surface area contributed by atoms with E-state index in [0.717, 1.165) is 39.4 Å². The summed E-state index contributed by atoms with van der Waals surface area (Å²) in [7, 11) is 1.68. The van der Waals surface area contributed by atoms with Crippen molar-refractivity contribution in [3.8, 4) is 39.4 Å². The first-order valence-electron chi connectivity index (χ1n) is 8.46. The fourth-order valence-electron chi connectivity index (χ4n) is 2.94. The van der Waals surface area contributed by atoms with Crippen LogP contribution >= 0.6 is 0 Å². The molecular formula is C23H18N2O. The highest BCUT2D eigenvalue weighted by atomic mass is 16.5. The lowest BCUT2D eigenvalue weighted by Gasteiger charge is -2.10. The molecule has 0 unspecified atom stereocenters. The highest BCUT2D eigenvalue weighted by Crippen LogP contribution is 2.32. The molecule has 3 heteroatoms. The molecule has 26 heavy (non-hydrogen) atoms. The maximum Gasteiger partial charge on any atom is 0.118 e. The van der Waals surface area contributed by atoms with Crippen molar-refractivity contribution >= 4 is 0 Å². The predicted octanol–water partition coefficient (Wildman–Crippen LogP) is 5.49. The van der Waals surface area contributed by atoms with Crippen LogP contribution in [0.5, 0.6) is 5.75 Å². The van der Waals surface area contributed by atoms with Crippen LogP contribution in [0.2, 0.25) is 0 Å². The van der Waals surface area contributed by atoms with Gasteiger partial charge in [-0.1, -0.05) is 24.3 Å². The van der Waals surface area contributed by atoms with Gasteiger partial charge in [0.25, 0.3) is 0 Å². The molecule has 0 fully saturated rings. The fraction of sp³-hybridized carbons (Fsp3) is 0.0435. The molecule has 0 radical (unpaired) electrons. The van der Waals surface area contributed by atoms with Gasteiger partial charge < -0.3 is 4.74 Å². The quantitative estimate of drug-likeness (QED) is 0.494. The van der Waals surface area contributed by atoms with Gasteiger partial charge in [-0.15, -0.1) is 0 Å². The monoisotopic (exact) mass is 338 g/mol. The molecular weight excluding hydrogens is 320 g/mol. The first-order chi connectivity index (χ1) is 12.8. The summed E-state index contributed by atoms with van der Waals surface area (Å²) in [6.07, 6.45) is 3.63. The molecule has 0 aliphatic rings. The highest BCUT2D eigenvalue weighted by Gasteiger charge is 2.08. The largest absolute Gasteiger partial charge is 0.497 e. The molecule has 3 nitrogen and oxygen atoms in total. The van der Waals surface area contributed by atoms with Crippen LogP contribution in [-0.2, 0) is 0 Å². The summed E-state index contributed by atoms with van der Waals surface area (Å²) < 4.78 is 5.27. The Bertz CT molecular complexity index is 940. The zero-order valence-electron chi connectivity index (χ0n) is 14.5. The van der Waals surface area contributed by atoms with E-state index in [1.54, 1.807) is 7.11 Å². The van der Waals surface area contributed by atoms with E-state index in [4.69, 9.17) is 4.74 Å². The zero-order chi connectivity index (χ0) is 17.8. The summed E-state index contributed by atoms with van der Waals surface area (Å²) in [6, 6.07) is 26.5. The van der Waals surface area contributed by atoms with Crippen molar-refractivity contribution in [2.75, 3.05) is 7.11 Å². The van der Waals surface area contributed by atoms with Crippen molar-refractivity contribution in [3.05, 3.63) is 91.3 Å². The second kappa shape index (κ2) is 7.19. The van der Waals surface area contributed by atoms with Crippen molar-refractivity contribution in [2.45, 2.75) is 0 Å². The molecule has 0 aliphatic heterocycles. The number of methoxy groups -OCH3 is 1. The Hall–Kier alpha value is -3.46. The molecule has 0 aliphatic carbocycles. The number of nitrogens with zero attached hydrogens (tertiary/aromatic N) is 2. The van der Waals surface area contributed by atoms with Crippen LogP contribution < -0.4 is 4.74 Å². The third kappa shape index (κ3) is 3.33. The first kappa shape index (κ1) is 16.0. The normalized spacial score (nSPS) is 10.5. The Morgan fingerprint density at radius 1 is 0.577 bits per heavy atom. The minimum absolute atomic E-state index is 0.847. The van der Waals surface area contributed by atoms with E-state index in [2.05, 4.69) is 40.3 Å². The molecule has 0 saturated heterocycles. The third-order valence-corrected chi connectivity index (χ3v) is 4.28. The predicted molar refractivity (Wildman–Crippen MR) is 105 cm³/mol. The minimum atomic E-state index is 0.847. The third-order valence-electron chi connectivity index (χ3n) is 4.28. The Kier molecular flexibility index (Phi) is 4.44. The van der Waals surface area contributed by atoms with Crippen molar-refractivity contribution in [2.24, 2.45) is 0 Å². The van der Waals surface area contributed by atoms with Gasteiger partial charge >= 0.3 is 0 Å². The van der Waals surface area contributed by atoms with Gasteiger partial charge in [0.1, 0.15) is 5.75 Å². The van der Waals surface area contributed by atoms with E-state index in [9.17, 15) is 0 Å². The Labute approximate surface area is 153 Å². The van der Waals surface area contributed by atoms with Crippen LogP contribution in [-0.4, -0.2) is 17.1 Å². The second-order valence-corrected chi connectivity index (χ2v) is 5.96. The van der Waals surface area contributed by atoms with Crippen LogP contribution in [0.15, 0.2) is 91.3 Å². The number of hydrogen-bond acceptors (Lipinski definition) is 3. The molecule has 0 bridgehead atoms. The molecule has 2 heterocycles. The molecule has 0 N–H and O–H groups in total. The Morgan fingerprint density at radius 2 is 1.12 bits per heavy atom. The number of hydrogen-bond donors (Lipinski definition) is 0.